The molecule has 1 aliphatic rings. The molecule has 0 saturated heterocycles. The largest absolute Gasteiger partial charge is 0.508 e. The third-order valence-corrected chi connectivity index (χ3v) is 5.90. The molecular weight excluding hydrogens is 476 g/mol. The zero-order valence-electron chi connectivity index (χ0n) is 19.8. The van der Waals surface area contributed by atoms with Crippen LogP contribution in [-0.4, -0.2) is 52.7 Å². The Balaban J connectivity index is 1.54. The summed E-state index contributed by atoms with van der Waals surface area (Å²) in [5.41, 5.74) is 2.31. The third kappa shape index (κ3) is 6.43. The average molecular weight is 503 g/mol. The van der Waals surface area contributed by atoms with Crippen LogP contribution in [0.1, 0.15) is 11.1 Å². The van der Waals surface area contributed by atoms with Crippen LogP contribution in [-0.2, 0) is 27.2 Å². The number of fused-ring (bicyclic) bond motifs is 1. The van der Waals surface area contributed by atoms with E-state index in [1.54, 1.807) is 60.7 Å². The smallest absolute Gasteiger partial charge is 0.326 e. The fraction of sp³-hybridized carbons (Fsp3) is 0.185. The van der Waals surface area contributed by atoms with Crippen LogP contribution in [0.4, 0.5) is 16.2 Å². The number of para-hydroxylation sites is 2. The maximum absolute atomic E-state index is 13.3. The van der Waals surface area contributed by atoms with E-state index in [1.165, 1.54) is 17.0 Å². The van der Waals surface area contributed by atoms with Gasteiger partial charge >= 0.3 is 12.0 Å². The van der Waals surface area contributed by atoms with Crippen molar-refractivity contribution in [2.45, 2.75) is 24.9 Å². The molecule has 1 heterocycles. The van der Waals surface area contributed by atoms with E-state index in [2.05, 4.69) is 16.0 Å². The summed E-state index contributed by atoms with van der Waals surface area (Å²) in [6, 6.07) is 18.7. The number of rotatable bonds is 8. The number of benzene rings is 3. The molecule has 5 N–H and O–H groups in total. The van der Waals surface area contributed by atoms with Crippen LogP contribution in [0.25, 0.3) is 0 Å². The van der Waals surface area contributed by atoms with E-state index in [0.29, 0.717) is 16.9 Å². The standard InChI is InChI=1S/C27H26N4O6/c32-19-12-10-18(11-13-19)15-22(26(35)36)29-25(34)21(14-17-6-2-1-3-7-17)30-27(37)31-16-24(33)28-20-8-4-5-9-23(20)31/h1-13,21-22,32H,14-16H2,(H,28,33)(H,29,34)(H,30,37)(H,35,36). The highest BCUT2D eigenvalue weighted by molar-refractivity contribution is 6.10. The second-order valence-electron chi connectivity index (χ2n) is 8.61. The normalized spacial score (nSPS) is 14.1. The van der Waals surface area contributed by atoms with E-state index in [4.69, 9.17) is 0 Å². The number of nitrogens with zero attached hydrogens (tertiary/aromatic N) is 1. The van der Waals surface area contributed by atoms with E-state index in [1.807, 2.05) is 6.07 Å². The Kier molecular flexibility index (Phi) is 7.68. The molecule has 0 radical (unpaired) electrons. The predicted molar refractivity (Wildman–Crippen MR) is 136 cm³/mol. The Bertz CT molecular complexity index is 1300. The summed E-state index contributed by atoms with van der Waals surface area (Å²) >= 11 is 0. The topological polar surface area (TPSA) is 148 Å². The van der Waals surface area contributed by atoms with Gasteiger partial charge in [-0.25, -0.2) is 9.59 Å². The number of amides is 4. The summed E-state index contributed by atoms with van der Waals surface area (Å²) in [7, 11) is 0. The number of carbonyl (C=O) groups is 4. The van der Waals surface area contributed by atoms with Gasteiger partial charge in [0.2, 0.25) is 11.8 Å². The average Bonchev–Trinajstić information content (AvgIpc) is 2.89. The molecule has 2 atom stereocenters. The van der Waals surface area contributed by atoms with E-state index < -0.39 is 30.0 Å². The first-order valence-corrected chi connectivity index (χ1v) is 11.6. The number of nitrogens with one attached hydrogen (secondary N) is 3. The first-order valence-electron chi connectivity index (χ1n) is 11.6. The molecule has 10 heteroatoms. The second-order valence-corrected chi connectivity index (χ2v) is 8.61. The zero-order chi connectivity index (χ0) is 26.4. The van der Waals surface area contributed by atoms with Gasteiger partial charge in [-0.15, -0.1) is 0 Å². The lowest BCUT2D eigenvalue weighted by Crippen LogP contribution is -2.56. The Morgan fingerprint density at radius 1 is 0.838 bits per heavy atom. The molecule has 2 unspecified atom stereocenters. The van der Waals surface area contributed by atoms with Gasteiger partial charge in [0.25, 0.3) is 0 Å². The van der Waals surface area contributed by atoms with E-state index in [0.717, 1.165) is 5.56 Å². The number of phenolic OH excluding ortho intramolecular Hbond substituents is 1. The molecule has 190 valence electrons. The van der Waals surface area contributed by atoms with Crippen molar-refractivity contribution in [3.05, 3.63) is 90.0 Å². The third-order valence-electron chi connectivity index (χ3n) is 5.90. The van der Waals surface area contributed by atoms with Crippen LogP contribution in [0.15, 0.2) is 78.9 Å². The fourth-order valence-electron chi connectivity index (χ4n) is 4.04. The zero-order valence-corrected chi connectivity index (χ0v) is 19.8. The van der Waals surface area contributed by atoms with Crippen molar-refractivity contribution < 1.29 is 29.4 Å². The van der Waals surface area contributed by atoms with Crippen molar-refractivity contribution >= 4 is 35.2 Å². The number of urea groups is 1. The quantitative estimate of drug-likeness (QED) is 0.319. The van der Waals surface area contributed by atoms with Crippen molar-refractivity contribution in [3.8, 4) is 5.75 Å². The summed E-state index contributed by atoms with van der Waals surface area (Å²) in [6.45, 7) is -0.235. The predicted octanol–water partition coefficient (Wildman–Crippen LogP) is 2.28. The number of carboxylic acid groups (broad SMARTS) is 1. The summed E-state index contributed by atoms with van der Waals surface area (Å²) in [5, 5.41) is 27.1. The minimum Gasteiger partial charge on any atom is -0.508 e. The summed E-state index contributed by atoms with van der Waals surface area (Å²) in [6.07, 6.45) is 0.0820. The molecule has 0 aromatic heterocycles. The van der Waals surface area contributed by atoms with Gasteiger partial charge in [-0.05, 0) is 35.4 Å². The van der Waals surface area contributed by atoms with Crippen molar-refractivity contribution in [2.75, 3.05) is 16.8 Å². The van der Waals surface area contributed by atoms with Crippen molar-refractivity contribution in [3.63, 3.8) is 0 Å². The minimum atomic E-state index is -1.27. The van der Waals surface area contributed by atoms with Crippen LogP contribution in [0.5, 0.6) is 5.75 Å². The Morgan fingerprint density at radius 2 is 1.46 bits per heavy atom. The monoisotopic (exact) mass is 502 g/mol. The van der Waals surface area contributed by atoms with Gasteiger partial charge in [0.05, 0.1) is 11.4 Å². The number of aliphatic carboxylic acids is 1. The van der Waals surface area contributed by atoms with E-state index in [9.17, 15) is 29.4 Å². The molecule has 0 spiro atoms. The number of carboxylic acids is 1. The highest BCUT2D eigenvalue weighted by atomic mass is 16.4. The second kappa shape index (κ2) is 11.3. The maximum Gasteiger partial charge on any atom is 0.326 e. The Hall–Kier alpha value is -4.86. The van der Waals surface area contributed by atoms with Crippen LogP contribution in [0, 0.1) is 0 Å². The molecular formula is C27H26N4O6. The van der Waals surface area contributed by atoms with Crippen molar-refractivity contribution in [1.29, 1.82) is 0 Å². The van der Waals surface area contributed by atoms with Gasteiger partial charge in [-0.1, -0.05) is 54.6 Å². The Morgan fingerprint density at radius 3 is 2.16 bits per heavy atom. The number of anilines is 2. The van der Waals surface area contributed by atoms with E-state index >= 15 is 0 Å². The Labute approximate surface area is 212 Å². The van der Waals surface area contributed by atoms with Gasteiger partial charge < -0.3 is 26.2 Å². The van der Waals surface area contributed by atoms with Gasteiger partial charge in [0.15, 0.2) is 0 Å². The first kappa shape index (κ1) is 25.2. The molecule has 0 aliphatic carbocycles. The molecule has 1 aliphatic heterocycles. The molecule has 37 heavy (non-hydrogen) atoms. The highest BCUT2D eigenvalue weighted by Gasteiger charge is 2.31. The van der Waals surface area contributed by atoms with Gasteiger partial charge in [0, 0.05) is 12.8 Å². The molecule has 4 rings (SSSR count). The lowest BCUT2D eigenvalue weighted by Gasteiger charge is -2.31. The number of aromatic hydroxyl groups is 1. The molecule has 10 nitrogen and oxygen atoms in total. The number of carbonyl (C=O) groups excluding carboxylic acids is 3. The molecule has 4 amide bonds. The molecule has 0 saturated carbocycles. The van der Waals surface area contributed by atoms with Crippen molar-refractivity contribution in [2.24, 2.45) is 0 Å². The van der Waals surface area contributed by atoms with Gasteiger partial charge in [0.1, 0.15) is 24.4 Å². The molecule has 0 fully saturated rings. The number of phenols is 1. The minimum absolute atomic E-state index is 0.0208. The van der Waals surface area contributed by atoms with Crippen LogP contribution < -0.4 is 20.9 Å². The van der Waals surface area contributed by atoms with Crippen LogP contribution >= 0.6 is 0 Å². The lowest BCUT2D eigenvalue weighted by atomic mass is 10.0. The van der Waals surface area contributed by atoms with Crippen LogP contribution in [0.3, 0.4) is 0 Å². The van der Waals surface area contributed by atoms with Gasteiger partial charge in [-0.2, -0.15) is 0 Å². The number of hydrogen-bond donors (Lipinski definition) is 5. The highest BCUT2D eigenvalue weighted by Crippen LogP contribution is 2.28. The summed E-state index contributed by atoms with van der Waals surface area (Å²) in [4.78, 5) is 51.9. The summed E-state index contributed by atoms with van der Waals surface area (Å²) < 4.78 is 0. The van der Waals surface area contributed by atoms with Gasteiger partial charge in [-0.3, -0.25) is 14.5 Å². The fourth-order valence-corrected chi connectivity index (χ4v) is 4.04. The maximum atomic E-state index is 13.3. The summed E-state index contributed by atoms with van der Waals surface area (Å²) in [5.74, 6) is -2.26. The number of hydrogen-bond acceptors (Lipinski definition) is 5. The van der Waals surface area contributed by atoms with Crippen LogP contribution in [0.2, 0.25) is 0 Å². The molecule has 3 aromatic rings. The van der Waals surface area contributed by atoms with Crippen molar-refractivity contribution in [1.82, 2.24) is 10.6 Å². The lowest BCUT2D eigenvalue weighted by molar-refractivity contribution is -0.142. The SMILES string of the molecule is O=C1CN(C(=O)NC(Cc2ccccc2)C(=O)NC(Cc2ccc(O)cc2)C(=O)O)c2ccccc2N1. The van der Waals surface area contributed by atoms with E-state index in [-0.39, 0.29) is 31.0 Å². The molecule has 0 bridgehead atoms. The first-order chi connectivity index (χ1) is 17.8. The molecule has 3 aromatic carbocycles.